The van der Waals surface area contributed by atoms with Crippen LogP contribution in [0, 0.1) is 5.95 Å². The van der Waals surface area contributed by atoms with Gasteiger partial charge in [0.25, 0.3) is 0 Å². The molecular weight excluding hydrogens is 277 g/mol. The largest absolute Gasteiger partial charge is 0.419 e. The zero-order valence-electron chi connectivity index (χ0n) is 5.79. The van der Waals surface area contributed by atoms with Gasteiger partial charge >= 0.3 is 6.18 Å². The molecule has 0 unspecified atom stereocenters. The zero-order valence-corrected chi connectivity index (χ0v) is 8.13. The predicted molar refractivity (Wildman–Crippen MR) is 41.9 cm³/mol. The number of aromatic nitrogens is 1. The predicted octanol–water partition coefficient (Wildman–Crippen LogP) is 3.66. The van der Waals surface area contributed by atoms with E-state index in [1.807, 2.05) is 0 Å². The van der Waals surface area contributed by atoms with Gasteiger partial charge in [-0.05, 0) is 15.9 Å². The van der Waals surface area contributed by atoms with Crippen LogP contribution in [0.4, 0.5) is 17.6 Å². The summed E-state index contributed by atoms with van der Waals surface area (Å²) in [5.41, 5.74) is -1.25. The SMILES string of the molecule is Fc1ncc(Cl)c(C(F)(F)F)c1Br. The Bertz CT molecular complexity index is 338. The van der Waals surface area contributed by atoms with Gasteiger partial charge in [-0.3, -0.25) is 0 Å². The molecular formula is C6HBrClF4N. The van der Waals surface area contributed by atoms with Gasteiger partial charge in [0.05, 0.1) is 15.1 Å². The molecule has 0 aromatic carbocycles. The lowest BCUT2D eigenvalue weighted by molar-refractivity contribution is -0.138. The van der Waals surface area contributed by atoms with Crippen molar-refractivity contribution in [1.29, 1.82) is 0 Å². The molecule has 0 saturated carbocycles. The first kappa shape index (κ1) is 10.7. The summed E-state index contributed by atoms with van der Waals surface area (Å²) >= 11 is 7.63. The fourth-order valence-electron chi connectivity index (χ4n) is 0.702. The number of hydrogen-bond donors (Lipinski definition) is 0. The standard InChI is InChI=1S/C6HBrClF4N/c7-4-3(6(10,11)12)2(8)1-13-5(4)9/h1H. The summed E-state index contributed by atoms with van der Waals surface area (Å²) in [5.74, 6) is -1.24. The van der Waals surface area contributed by atoms with Crippen molar-refractivity contribution in [3.05, 3.63) is 27.2 Å². The van der Waals surface area contributed by atoms with E-state index in [1.54, 1.807) is 0 Å². The maximum absolute atomic E-state index is 12.6. The van der Waals surface area contributed by atoms with Crippen LogP contribution in [0.2, 0.25) is 5.02 Å². The van der Waals surface area contributed by atoms with Crippen molar-refractivity contribution in [3.63, 3.8) is 0 Å². The second-order valence-electron chi connectivity index (χ2n) is 2.08. The Morgan fingerprint density at radius 1 is 1.38 bits per heavy atom. The van der Waals surface area contributed by atoms with Gasteiger partial charge in [0, 0.05) is 6.20 Å². The topological polar surface area (TPSA) is 12.9 Å². The molecule has 0 aliphatic carbocycles. The summed E-state index contributed by atoms with van der Waals surface area (Å²) in [4.78, 5) is 3.01. The van der Waals surface area contributed by atoms with Crippen molar-refractivity contribution in [1.82, 2.24) is 4.98 Å². The van der Waals surface area contributed by atoms with Gasteiger partial charge in [0.15, 0.2) is 0 Å². The van der Waals surface area contributed by atoms with E-state index in [1.165, 1.54) is 0 Å². The molecule has 0 N–H and O–H groups in total. The van der Waals surface area contributed by atoms with Crippen molar-refractivity contribution >= 4 is 27.5 Å². The summed E-state index contributed by atoms with van der Waals surface area (Å²) in [6, 6.07) is 0. The Morgan fingerprint density at radius 3 is 2.31 bits per heavy atom. The van der Waals surface area contributed by atoms with E-state index in [0.717, 1.165) is 0 Å². The third kappa shape index (κ3) is 2.11. The van der Waals surface area contributed by atoms with Crippen LogP contribution in [0.25, 0.3) is 0 Å². The highest BCUT2D eigenvalue weighted by Crippen LogP contribution is 2.39. The van der Waals surface area contributed by atoms with Crippen LogP contribution >= 0.6 is 27.5 Å². The second-order valence-corrected chi connectivity index (χ2v) is 3.28. The first-order valence-electron chi connectivity index (χ1n) is 2.90. The Hall–Kier alpha value is -0.360. The van der Waals surface area contributed by atoms with Gasteiger partial charge in [0.2, 0.25) is 5.95 Å². The van der Waals surface area contributed by atoms with E-state index in [-0.39, 0.29) is 0 Å². The molecule has 1 rings (SSSR count). The van der Waals surface area contributed by atoms with Crippen LogP contribution in [0.5, 0.6) is 0 Å². The Balaban J connectivity index is 3.43. The third-order valence-corrected chi connectivity index (χ3v) is 2.22. The van der Waals surface area contributed by atoms with Crippen molar-refractivity contribution in [2.75, 3.05) is 0 Å². The molecule has 13 heavy (non-hydrogen) atoms. The van der Waals surface area contributed by atoms with E-state index in [4.69, 9.17) is 11.6 Å². The fraction of sp³-hybridized carbons (Fsp3) is 0.167. The highest BCUT2D eigenvalue weighted by atomic mass is 79.9. The molecule has 1 heterocycles. The van der Waals surface area contributed by atoms with Crippen LogP contribution in [0.1, 0.15) is 5.56 Å². The van der Waals surface area contributed by atoms with Crippen LogP contribution in [0.3, 0.4) is 0 Å². The minimum atomic E-state index is -4.69. The zero-order chi connectivity index (χ0) is 10.2. The number of rotatable bonds is 0. The summed E-state index contributed by atoms with van der Waals surface area (Å²) in [7, 11) is 0. The van der Waals surface area contributed by atoms with Crippen molar-refractivity contribution < 1.29 is 17.6 Å². The van der Waals surface area contributed by atoms with E-state index in [9.17, 15) is 17.6 Å². The average molecular weight is 278 g/mol. The summed E-state index contributed by atoms with van der Waals surface area (Å²) < 4.78 is 48.3. The van der Waals surface area contributed by atoms with Gasteiger partial charge in [-0.25, -0.2) is 4.98 Å². The van der Waals surface area contributed by atoms with Crippen LogP contribution in [-0.4, -0.2) is 4.98 Å². The number of pyridine rings is 1. The lowest BCUT2D eigenvalue weighted by atomic mass is 10.2. The van der Waals surface area contributed by atoms with Crippen molar-refractivity contribution in [3.8, 4) is 0 Å². The first-order chi connectivity index (χ1) is 5.84. The molecule has 0 atom stereocenters. The molecule has 0 amide bonds. The molecule has 0 fully saturated rings. The summed E-state index contributed by atoms with van der Waals surface area (Å²) in [5, 5.41) is -0.638. The number of halogens is 6. The van der Waals surface area contributed by atoms with Crippen molar-refractivity contribution in [2.24, 2.45) is 0 Å². The van der Waals surface area contributed by atoms with Crippen LogP contribution < -0.4 is 0 Å². The maximum Gasteiger partial charge on any atom is 0.419 e. The minimum absolute atomic E-state index is 0.616. The molecule has 0 spiro atoms. The van der Waals surface area contributed by atoms with Gasteiger partial charge in [0.1, 0.15) is 0 Å². The normalized spacial score (nSPS) is 11.8. The highest BCUT2D eigenvalue weighted by molar-refractivity contribution is 9.10. The quantitative estimate of drug-likeness (QED) is 0.521. The molecule has 72 valence electrons. The fourth-order valence-corrected chi connectivity index (χ4v) is 1.61. The molecule has 1 nitrogen and oxygen atoms in total. The molecule has 1 aromatic heterocycles. The maximum atomic E-state index is 12.6. The van der Waals surface area contributed by atoms with Gasteiger partial charge < -0.3 is 0 Å². The molecule has 0 aliphatic rings. The summed E-state index contributed by atoms with van der Waals surface area (Å²) in [6.45, 7) is 0. The Labute approximate surface area is 83.8 Å². The Morgan fingerprint density at radius 2 is 1.92 bits per heavy atom. The number of hydrogen-bond acceptors (Lipinski definition) is 1. The van der Waals surface area contributed by atoms with Crippen LogP contribution in [0.15, 0.2) is 10.7 Å². The molecule has 0 radical (unpaired) electrons. The first-order valence-corrected chi connectivity index (χ1v) is 4.08. The van der Waals surface area contributed by atoms with Crippen LogP contribution in [-0.2, 0) is 6.18 Å². The number of nitrogens with zero attached hydrogens (tertiary/aromatic N) is 1. The number of alkyl halides is 3. The third-order valence-electron chi connectivity index (χ3n) is 1.21. The molecule has 0 bridgehead atoms. The average Bonchev–Trinajstić information content (AvgIpc) is 1.95. The molecule has 0 aliphatic heterocycles. The van der Waals surface area contributed by atoms with E-state index < -0.39 is 27.2 Å². The van der Waals surface area contributed by atoms with Gasteiger partial charge in [-0.2, -0.15) is 17.6 Å². The van der Waals surface area contributed by atoms with Crippen molar-refractivity contribution in [2.45, 2.75) is 6.18 Å². The molecule has 7 heteroatoms. The molecule has 0 saturated heterocycles. The minimum Gasteiger partial charge on any atom is -0.226 e. The lowest BCUT2D eigenvalue weighted by Crippen LogP contribution is -2.09. The Kier molecular flexibility index (Phi) is 2.82. The highest BCUT2D eigenvalue weighted by Gasteiger charge is 2.37. The van der Waals surface area contributed by atoms with E-state index in [0.29, 0.717) is 6.20 Å². The smallest absolute Gasteiger partial charge is 0.226 e. The van der Waals surface area contributed by atoms with E-state index in [2.05, 4.69) is 20.9 Å². The van der Waals surface area contributed by atoms with Gasteiger partial charge in [-0.1, -0.05) is 11.6 Å². The summed E-state index contributed by atoms with van der Waals surface area (Å²) in [6.07, 6.45) is -4.08. The molecule has 1 aromatic rings. The lowest BCUT2D eigenvalue weighted by Gasteiger charge is -2.10. The van der Waals surface area contributed by atoms with Gasteiger partial charge in [-0.15, -0.1) is 0 Å². The monoisotopic (exact) mass is 277 g/mol. The van der Waals surface area contributed by atoms with E-state index >= 15 is 0 Å². The second kappa shape index (κ2) is 3.42.